The molecule has 2 amide bonds. The number of hydrogen-bond acceptors (Lipinski definition) is 4. The lowest BCUT2D eigenvalue weighted by Crippen LogP contribution is -2.52. The molecule has 0 atom stereocenters. The van der Waals surface area contributed by atoms with Gasteiger partial charge >= 0.3 is 0 Å². The van der Waals surface area contributed by atoms with E-state index in [4.69, 9.17) is 9.47 Å². The molecular formula is C24H28Br2N2O4. The Labute approximate surface area is 206 Å². The van der Waals surface area contributed by atoms with Gasteiger partial charge < -0.3 is 19.3 Å². The van der Waals surface area contributed by atoms with Crippen LogP contribution in [0.5, 0.6) is 11.5 Å². The Hall–Kier alpha value is -2.06. The Kier molecular flexibility index (Phi) is 8.99. The molecule has 0 unspecified atom stereocenters. The van der Waals surface area contributed by atoms with Crippen LogP contribution in [0, 0.1) is 0 Å². The maximum atomic E-state index is 12.5. The van der Waals surface area contributed by atoms with Gasteiger partial charge in [0.15, 0.2) is 13.2 Å². The number of benzene rings is 2. The number of nitrogens with zero attached hydrogens (tertiary/aromatic N) is 2. The fourth-order valence-electron chi connectivity index (χ4n) is 3.43. The van der Waals surface area contributed by atoms with Gasteiger partial charge in [0.05, 0.1) is 8.95 Å². The quantitative estimate of drug-likeness (QED) is 0.472. The molecule has 0 bridgehead atoms. The molecule has 32 heavy (non-hydrogen) atoms. The van der Waals surface area contributed by atoms with Crippen LogP contribution in [0.3, 0.4) is 0 Å². The number of halogens is 2. The molecule has 1 aliphatic rings. The largest absolute Gasteiger partial charge is 0.483 e. The van der Waals surface area contributed by atoms with E-state index in [-0.39, 0.29) is 25.0 Å². The molecule has 8 heteroatoms. The first-order valence-electron chi connectivity index (χ1n) is 10.8. The van der Waals surface area contributed by atoms with Crippen LogP contribution >= 0.6 is 31.9 Å². The van der Waals surface area contributed by atoms with Crippen LogP contribution in [-0.4, -0.2) is 61.0 Å². The van der Waals surface area contributed by atoms with Crippen molar-refractivity contribution in [2.45, 2.75) is 26.7 Å². The first-order chi connectivity index (χ1) is 15.4. The summed E-state index contributed by atoms with van der Waals surface area (Å²) in [7, 11) is 0. The summed E-state index contributed by atoms with van der Waals surface area (Å²) in [4.78, 5) is 28.5. The molecule has 0 aliphatic carbocycles. The van der Waals surface area contributed by atoms with Crippen molar-refractivity contribution >= 4 is 43.7 Å². The molecule has 0 spiro atoms. The zero-order chi connectivity index (χ0) is 23.1. The normalized spacial score (nSPS) is 13.8. The highest BCUT2D eigenvalue weighted by atomic mass is 79.9. The van der Waals surface area contributed by atoms with Gasteiger partial charge in [0, 0.05) is 26.2 Å². The monoisotopic (exact) mass is 566 g/mol. The molecule has 1 aliphatic heterocycles. The van der Waals surface area contributed by atoms with Gasteiger partial charge in [-0.3, -0.25) is 9.59 Å². The summed E-state index contributed by atoms with van der Waals surface area (Å²) in [5.41, 5.74) is 2.40. The fourth-order valence-corrected chi connectivity index (χ4v) is 4.51. The van der Waals surface area contributed by atoms with Gasteiger partial charge in [-0.2, -0.15) is 0 Å². The van der Waals surface area contributed by atoms with Crippen molar-refractivity contribution in [1.29, 1.82) is 0 Å². The van der Waals surface area contributed by atoms with E-state index in [0.29, 0.717) is 37.7 Å². The van der Waals surface area contributed by atoms with Gasteiger partial charge in [-0.25, -0.2) is 0 Å². The summed E-state index contributed by atoms with van der Waals surface area (Å²) < 4.78 is 13.1. The third-order valence-corrected chi connectivity index (χ3v) is 6.74. The van der Waals surface area contributed by atoms with Gasteiger partial charge in [0.2, 0.25) is 0 Å². The number of hydrogen-bond donors (Lipinski definition) is 0. The zero-order valence-electron chi connectivity index (χ0n) is 18.4. The van der Waals surface area contributed by atoms with Gasteiger partial charge in [-0.05, 0) is 80.1 Å². The van der Waals surface area contributed by atoms with E-state index in [9.17, 15) is 9.59 Å². The molecule has 3 rings (SSSR count). The van der Waals surface area contributed by atoms with Crippen LogP contribution in [0.25, 0.3) is 0 Å². The lowest BCUT2D eigenvalue weighted by atomic mass is 10.2. The molecule has 2 aromatic rings. The maximum Gasteiger partial charge on any atom is 0.260 e. The Bertz CT molecular complexity index is 882. The molecule has 0 radical (unpaired) electrons. The van der Waals surface area contributed by atoms with Crippen LogP contribution in [0.2, 0.25) is 0 Å². The van der Waals surface area contributed by atoms with Crippen molar-refractivity contribution in [1.82, 2.24) is 9.80 Å². The van der Waals surface area contributed by atoms with Crippen molar-refractivity contribution in [3.05, 3.63) is 56.5 Å². The van der Waals surface area contributed by atoms with Crippen molar-refractivity contribution in [2.24, 2.45) is 0 Å². The number of ether oxygens (including phenoxy) is 2. The van der Waals surface area contributed by atoms with Gasteiger partial charge in [-0.15, -0.1) is 0 Å². The van der Waals surface area contributed by atoms with Crippen molar-refractivity contribution in [2.75, 3.05) is 39.4 Å². The van der Waals surface area contributed by atoms with E-state index in [1.807, 2.05) is 36.4 Å². The lowest BCUT2D eigenvalue weighted by molar-refractivity contribution is -0.141. The number of carbonyl (C=O) groups is 2. The maximum absolute atomic E-state index is 12.5. The average Bonchev–Trinajstić information content (AvgIpc) is 2.82. The highest BCUT2D eigenvalue weighted by molar-refractivity contribution is 9.10. The predicted octanol–water partition coefficient (Wildman–Crippen LogP) is 4.47. The minimum Gasteiger partial charge on any atom is -0.483 e. The van der Waals surface area contributed by atoms with E-state index >= 15 is 0 Å². The molecule has 0 N–H and O–H groups in total. The Morgan fingerprint density at radius 3 is 1.44 bits per heavy atom. The van der Waals surface area contributed by atoms with Gasteiger partial charge in [0.25, 0.3) is 11.8 Å². The van der Waals surface area contributed by atoms with Crippen LogP contribution < -0.4 is 9.47 Å². The summed E-state index contributed by atoms with van der Waals surface area (Å²) in [6.45, 7) is 6.07. The summed E-state index contributed by atoms with van der Waals surface area (Å²) in [6.07, 6.45) is 1.88. The Morgan fingerprint density at radius 1 is 0.750 bits per heavy atom. The first-order valence-corrected chi connectivity index (χ1v) is 12.4. The Balaban J connectivity index is 1.43. The standard InChI is InChI=1S/C24H28Br2N2O4/c1-3-17-5-7-21(19(25)13-17)31-15-23(29)27-9-11-28(12-10-27)24(30)16-32-22-8-6-18(4-2)14-20(22)26/h5-8,13-14H,3-4,9-12,15-16H2,1-2H3. The van der Waals surface area contributed by atoms with Gasteiger partial charge in [-0.1, -0.05) is 26.0 Å². The predicted molar refractivity (Wildman–Crippen MR) is 131 cm³/mol. The smallest absolute Gasteiger partial charge is 0.260 e. The van der Waals surface area contributed by atoms with E-state index in [1.165, 1.54) is 11.1 Å². The van der Waals surface area contributed by atoms with E-state index in [2.05, 4.69) is 45.7 Å². The molecule has 0 saturated carbocycles. The van der Waals surface area contributed by atoms with Crippen molar-refractivity contribution in [3.8, 4) is 11.5 Å². The van der Waals surface area contributed by atoms with Crippen molar-refractivity contribution < 1.29 is 19.1 Å². The molecule has 6 nitrogen and oxygen atoms in total. The molecule has 2 aromatic carbocycles. The number of amides is 2. The third kappa shape index (κ3) is 6.48. The Morgan fingerprint density at radius 2 is 1.12 bits per heavy atom. The van der Waals surface area contributed by atoms with Crippen LogP contribution in [0.1, 0.15) is 25.0 Å². The first kappa shape index (κ1) is 24.6. The molecule has 0 aromatic heterocycles. The van der Waals surface area contributed by atoms with Crippen LogP contribution in [0.15, 0.2) is 45.3 Å². The minimum absolute atomic E-state index is 0.0249. The topological polar surface area (TPSA) is 59.1 Å². The second kappa shape index (κ2) is 11.7. The SMILES string of the molecule is CCc1ccc(OCC(=O)N2CCN(C(=O)COc3ccc(CC)cc3Br)CC2)c(Br)c1. The number of aryl methyl sites for hydroxylation is 2. The second-order valence-electron chi connectivity index (χ2n) is 7.58. The van der Waals surface area contributed by atoms with Crippen LogP contribution in [0.4, 0.5) is 0 Å². The summed E-state index contributed by atoms with van der Waals surface area (Å²) >= 11 is 6.98. The highest BCUT2D eigenvalue weighted by Gasteiger charge is 2.25. The third-order valence-electron chi connectivity index (χ3n) is 5.50. The molecule has 172 valence electrons. The number of rotatable bonds is 8. The zero-order valence-corrected chi connectivity index (χ0v) is 21.6. The molecular weight excluding hydrogens is 540 g/mol. The highest BCUT2D eigenvalue weighted by Crippen LogP contribution is 2.27. The second-order valence-corrected chi connectivity index (χ2v) is 9.28. The molecule has 1 heterocycles. The fraction of sp³-hybridized carbons (Fsp3) is 0.417. The van der Waals surface area contributed by atoms with Crippen molar-refractivity contribution in [3.63, 3.8) is 0 Å². The minimum atomic E-state index is -0.0836. The summed E-state index contributed by atoms with van der Waals surface area (Å²) in [5.74, 6) is 1.14. The number of piperazine rings is 1. The van der Waals surface area contributed by atoms with E-state index in [1.54, 1.807) is 9.80 Å². The average molecular weight is 568 g/mol. The van der Waals surface area contributed by atoms with E-state index < -0.39 is 0 Å². The summed E-state index contributed by atoms with van der Waals surface area (Å²) in [5, 5.41) is 0. The molecule has 1 saturated heterocycles. The number of carbonyl (C=O) groups excluding carboxylic acids is 2. The van der Waals surface area contributed by atoms with E-state index in [0.717, 1.165) is 21.8 Å². The lowest BCUT2D eigenvalue weighted by Gasteiger charge is -2.34. The summed E-state index contributed by atoms with van der Waals surface area (Å²) in [6, 6.07) is 11.7. The van der Waals surface area contributed by atoms with Gasteiger partial charge in [0.1, 0.15) is 11.5 Å². The van der Waals surface area contributed by atoms with Crippen LogP contribution in [-0.2, 0) is 22.4 Å². The molecule has 1 fully saturated rings.